The van der Waals surface area contributed by atoms with Crippen LogP contribution >= 0.6 is 0 Å². The quantitative estimate of drug-likeness (QED) is 0.883. The molecule has 96 valence electrons. The minimum Gasteiger partial charge on any atom is -0.344 e. The second-order valence-electron chi connectivity index (χ2n) is 5.59. The number of hydrogen-bond acceptors (Lipinski definition) is 2. The zero-order chi connectivity index (χ0) is 12.7. The molecule has 0 saturated heterocycles. The van der Waals surface area contributed by atoms with E-state index >= 15 is 0 Å². The molecular weight excluding hydrogens is 224 g/mol. The number of aromatic amines is 1. The van der Waals surface area contributed by atoms with Gasteiger partial charge in [-0.2, -0.15) is 5.10 Å². The van der Waals surface area contributed by atoms with Gasteiger partial charge in [0.2, 0.25) is 0 Å². The summed E-state index contributed by atoms with van der Waals surface area (Å²) in [5.41, 5.74) is 2.59. The van der Waals surface area contributed by atoms with Crippen molar-refractivity contribution in [1.29, 1.82) is 0 Å². The summed E-state index contributed by atoms with van der Waals surface area (Å²) < 4.78 is 1.94. The molecule has 0 radical (unpaired) electrons. The Labute approximate surface area is 107 Å². The first kappa shape index (κ1) is 11.5. The van der Waals surface area contributed by atoms with Gasteiger partial charge in [0.1, 0.15) is 11.9 Å². The Bertz CT molecular complexity index is 526. The lowest BCUT2D eigenvalue weighted by Crippen LogP contribution is -2.14. The molecule has 18 heavy (non-hydrogen) atoms. The molecule has 0 fully saturated rings. The molecule has 0 aromatic carbocycles. The molecule has 0 bridgehead atoms. The maximum Gasteiger partial charge on any atom is 0.131 e. The fourth-order valence-electron chi connectivity index (χ4n) is 2.99. The maximum absolute atomic E-state index is 4.81. The third kappa shape index (κ3) is 1.85. The van der Waals surface area contributed by atoms with Crippen molar-refractivity contribution in [3.05, 3.63) is 35.7 Å². The first-order valence-electron chi connectivity index (χ1n) is 6.73. The van der Waals surface area contributed by atoms with Gasteiger partial charge in [-0.15, -0.1) is 0 Å². The number of aromatic nitrogens is 4. The van der Waals surface area contributed by atoms with Gasteiger partial charge in [0, 0.05) is 24.0 Å². The van der Waals surface area contributed by atoms with E-state index in [1.54, 1.807) is 0 Å². The van der Waals surface area contributed by atoms with Gasteiger partial charge in [-0.1, -0.05) is 13.8 Å². The molecule has 0 amide bonds. The van der Waals surface area contributed by atoms with Crippen LogP contribution < -0.4 is 0 Å². The van der Waals surface area contributed by atoms with Gasteiger partial charge in [0.25, 0.3) is 0 Å². The molecule has 1 aliphatic rings. The molecule has 3 rings (SSSR count). The Morgan fingerprint density at radius 2 is 2.28 bits per heavy atom. The van der Waals surface area contributed by atoms with E-state index < -0.39 is 0 Å². The summed E-state index contributed by atoms with van der Waals surface area (Å²) >= 11 is 0. The van der Waals surface area contributed by atoms with Crippen LogP contribution in [0.3, 0.4) is 0 Å². The topological polar surface area (TPSA) is 46.5 Å². The van der Waals surface area contributed by atoms with E-state index in [9.17, 15) is 0 Å². The Morgan fingerprint density at radius 1 is 1.44 bits per heavy atom. The van der Waals surface area contributed by atoms with Crippen molar-refractivity contribution in [2.24, 2.45) is 5.92 Å². The van der Waals surface area contributed by atoms with Crippen molar-refractivity contribution in [1.82, 2.24) is 19.7 Å². The standard InChI is InChI=1S/C14H20N4/c1-9-7-10(2)13-12(8-9)16-14(17-13)11(3)18-6-4-5-15-18/h4-6,9-11H,7-8H2,1-3H3,(H,16,17). The monoisotopic (exact) mass is 244 g/mol. The number of nitrogens with one attached hydrogen (secondary N) is 1. The zero-order valence-electron chi connectivity index (χ0n) is 11.2. The summed E-state index contributed by atoms with van der Waals surface area (Å²) in [6.07, 6.45) is 6.16. The molecule has 1 N–H and O–H groups in total. The Morgan fingerprint density at radius 3 is 3.00 bits per heavy atom. The molecule has 3 unspecified atom stereocenters. The molecule has 0 spiro atoms. The van der Waals surface area contributed by atoms with Gasteiger partial charge in [0.15, 0.2) is 0 Å². The molecule has 2 heterocycles. The van der Waals surface area contributed by atoms with E-state index in [-0.39, 0.29) is 6.04 Å². The van der Waals surface area contributed by atoms with E-state index in [4.69, 9.17) is 4.98 Å². The van der Waals surface area contributed by atoms with E-state index in [2.05, 4.69) is 30.9 Å². The average Bonchev–Trinajstić information content (AvgIpc) is 2.96. The number of rotatable bonds is 2. The predicted octanol–water partition coefficient (Wildman–Crippen LogP) is 2.90. The van der Waals surface area contributed by atoms with E-state index in [0.29, 0.717) is 5.92 Å². The summed E-state index contributed by atoms with van der Waals surface area (Å²) in [5, 5.41) is 4.29. The first-order valence-corrected chi connectivity index (χ1v) is 6.73. The van der Waals surface area contributed by atoms with Crippen molar-refractivity contribution in [2.75, 3.05) is 0 Å². The van der Waals surface area contributed by atoms with Crippen LogP contribution in [0.2, 0.25) is 0 Å². The van der Waals surface area contributed by atoms with Gasteiger partial charge in [-0.05, 0) is 31.7 Å². The van der Waals surface area contributed by atoms with Gasteiger partial charge in [-0.3, -0.25) is 4.68 Å². The van der Waals surface area contributed by atoms with Crippen LogP contribution in [-0.4, -0.2) is 19.7 Å². The number of imidazole rings is 1. The third-order valence-corrected chi connectivity index (χ3v) is 3.92. The first-order chi connectivity index (χ1) is 8.65. The van der Waals surface area contributed by atoms with E-state index in [1.807, 2.05) is 23.1 Å². The van der Waals surface area contributed by atoms with Gasteiger partial charge < -0.3 is 4.98 Å². The number of hydrogen-bond donors (Lipinski definition) is 1. The Hall–Kier alpha value is -1.58. The van der Waals surface area contributed by atoms with Gasteiger partial charge in [-0.25, -0.2) is 4.98 Å². The number of fused-ring (bicyclic) bond motifs is 1. The average molecular weight is 244 g/mol. The van der Waals surface area contributed by atoms with Crippen LogP contribution in [0.25, 0.3) is 0 Å². The highest BCUT2D eigenvalue weighted by atomic mass is 15.3. The van der Waals surface area contributed by atoms with Crippen LogP contribution in [0.15, 0.2) is 18.5 Å². The van der Waals surface area contributed by atoms with Crippen molar-refractivity contribution in [3.63, 3.8) is 0 Å². The molecule has 1 aliphatic carbocycles. The highest BCUT2D eigenvalue weighted by Gasteiger charge is 2.26. The Kier molecular flexibility index (Phi) is 2.73. The van der Waals surface area contributed by atoms with Gasteiger partial charge in [0.05, 0.1) is 5.69 Å². The third-order valence-electron chi connectivity index (χ3n) is 3.92. The summed E-state index contributed by atoms with van der Waals surface area (Å²) in [5.74, 6) is 2.35. The minimum atomic E-state index is 0.174. The SMILES string of the molecule is CC1Cc2[nH]c(C(C)n3cccn3)nc2C(C)C1. The number of nitrogens with zero attached hydrogens (tertiary/aromatic N) is 3. The summed E-state index contributed by atoms with van der Waals surface area (Å²) in [6.45, 7) is 6.72. The lowest BCUT2D eigenvalue weighted by molar-refractivity contribution is 0.440. The summed E-state index contributed by atoms with van der Waals surface area (Å²) in [7, 11) is 0. The highest BCUT2D eigenvalue weighted by molar-refractivity contribution is 5.23. The van der Waals surface area contributed by atoms with Crippen LogP contribution in [-0.2, 0) is 6.42 Å². The van der Waals surface area contributed by atoms with E-state index in [0.717, 1.165) is 18.2 Å². The fraction of sp³-hybridized carbons (Fsp3) is 0.571. The molecule has 2 aromatic heterocycles. The molecular formula is C14H20N4. The summed E-state index contributed by atoms with van der Waals surface area (Å²) in [6, 6.07) is 2.12. The normalized spacial score (nSPS) is 24.8. The van der Waals surface area contributed by atoms with Crippen molar-refractivity contribution in [3.8, 4) is 0 Å². The second kappa shape index (κ2) is 4.26. The lowest BCUT2D eigenvalue weighted by atomic mass is 9.84. The zero-order valence-corrected chi connectivity index (χ0v) is 11.2. The molecule has 3 atom stereocenters. The molecule has 2 aromatic rings. The lowest BCUT2D eigenvalue weighted by Gasteiger charge is -2.22. The van der Waals surface area contributed by atoms with Crippen molar-refractivity contribution < 1.29 is 0 Å². The van der Waals surface area contributed by atoms with Crippen molar-refractivity contribution in [2.45, 2.75) is 45.6 Å². The molecule has 4 nitrogen and oxygen atoms in total. The predicted molar refractivity (Wildman–Crippen MR) is 70.5 cm³/mol. The second-order valence-corrected chi connectivity index (χ2v) is 5.59. The van der Waals surface area contributed by atoms with Gasteiger partial charge >= 0.3 is 0 Å². The Balaban J connectivity index is 1.93. The molecule has 4 heteroatoms. The van der Waals surface area contributed by atoms with Crippen LogP contribution in [0, 0.1) is 5.92 Å². The smallest absolute Gasteiger partial charge is 0.131 e. The largest absolute Gasteiger partial charge is 0.344 e. The molecule has 0 aliphatic heterocycles. The van der Waals surface area contributed by atoms with Crippen LogP contribution in [0.4, 0.5) is 0 Å². The minimum absolute atomic E-state index is 0.174. The highest BCUT2D eigenvalue weighted by Crippen LogP contribution is 2.33. The number of H-pyrrole nitrogens is 1. The fourth-order valence-corrected chi connectivity index (χ4v) is 2.99. The summed E-state index contributed by atoms with van der Waals surface area (Å²) in [4.78, 5) is 8.32. The van der Waals surface area contributed by atoms with Crippen LogP contribution in [0.1, 0.15) is 56.4 Å². The van der Waals surface area contributed by atoms with Crippen molar-refractivity contribution >= 4 is 0 Å². The van der Waals surface area contributed by atoms with E-state index in [1.165, 1.54) is 17.8 Å². The van der Waals surface area contributed by atoms with Crippen LogP contribution in [0.5, 0.6) is 0 Å². The maximum atomic E-state index is 4.81. The molecule has 0 saturated carbocycles.